The summed E-state index contributed by atoms with van der Waals surface area (Å²) in [5, 5.41) is 4.28. The molecule has 16 heavy (non-hydrogen) atoms. The van der Waals surface area contributed by atoms with Crippen molar-refractivity contribution in [3.05, 3.63) is 5.32 Å². The molecule has 0 aromatic carbocycles. The van der Waals surface area contributed by atoms with Gasteiger partial charge in [-0.25, -0.2) is 0 Å². The molecule has 0 saturated heterocycles. The summed E-state index contributed by atoms with van der Waals surface area (Å²) < 4.78 is 34.1. The molecule has 1 N–H and O–H groups in total. The Morgan fingerprint density at radius 1 is 0.938 bits per heavy atom. The minimum atomic E-state index is -5.17. The van der Waals surface area contributed by atoms with E-state index in [4.69, 9.17) is 17.5 Å². The smallest absolute Gasteiger partial charge is 0.870 e. The molecule has 0 radical (unpaired) electrons. The van der Waals surface area contributed by atoms with E-state index in [-0.39, 0.29) is 66.3 Å². The third-order valence-electron chi connectivity index (χ3n) is 0.596. The Balaban J connectivity index is -0.0000000258. The molecule has 0 atom stereocenters. The molecule has 0 spiro atoms. The quantitative estimate of drug-likeness (QED) is 0.275. The Bertz CT molecular complexity index is 187. The fourth-order valence-corrected chi connectivity index (χ4v) is 0.596. The first-order valence-corrected chi connectivity index (χ1v) is 4.83. The number of hydrogen-bond acceptors (Lipinski definition) is 5. The van der Waals surface area contributed by atoms with Gasteiger partial charge in [-0.1, -0.05) is 27.7 Å². The van der Waals surface area contributed by atoms with Crippen LogP contribution in [-0.2, 0) is 10.4 Å². The molecule has 6 nitrogen and oxygen atoms in total. The molecule has 0 rings (SSSR count). The minimum absolute atomic E-state index is 0. The minimum Gasteiger partial charge on any atom is -0.870 e. The largest absolute Gasteiger partial charge is 2.00 e. The molecule has 84 valence electrons. The normalized spacial score (nSPS) is 8.50. The Morgan fingerprint density at radius 3 is 1.06 bits per heavy atom. The van der Waals surface area contributed by atoms with Crippen molar-refractivity contribution in [3.63, 3.8) is 0 Å². The van der Waals surface area contributed by atoms with E-state index in [1.165, 1.54) is 0 Å². The van der Waals surface area contributed by atoms with Crippen LogP contribution in [0, 0.1) is 0 Å². The predicted octanol–water partition coefficient (Wildman–Crippen LogP) is -5.71. The summed E-state index contributed by atoms with van der Waals surface area (Å²) in [6.07, 6.45) is 0. The van der Waals surface area contributed by atoms with E-state index in [9.17, 15) is 0 Å². The van der Waals surface area contributed by atoms with Gasteiger partial charge in [0.05, 0.1) is 0 Å². The number of hydrogen-bond donors (Lipinski definition) is 0. The molecule has 0 aromatic rings. The first-order valence-electron chi connectivity index (χ1n) is 3.49. The summed E-state index contributed by atoms with van der Waals surface area (Å²) >= 11 is 0. The third-order valence-corrected chi connectivity index (χ3v) is 0.596. The molecule has 0 fully saturated rings. The molecule has 0 aliphatic heterocycles. The van der Waals surface area contributed by atoms with Gasteiger partial charge in [0.2, 0.25) is 0 Å². The standard InChI is InChI=1S/C6H14N.2Li.Mg.H2O4S.H2O/c1-5(2)7-6(3)4;;;;1-5(2,3)4;/h5-6H,1-4H3;;;;(H2,1,2,3,4);1H2/q-1;2*+1;+2;;/p-3. The monoisotopic (exact) mass is 251 g/mol. The van der Waals surface area contributed by atoms with Gasteiger partial charge in [-0.05, 0) is 0 Å². The Morgan fingerprint density at radius 2 is 1.06 bits per heavy atom. The Labute approximate surface area is 138 Å². The van der Waals surface area contributed by atoms with E-state index >= 15 is 0 Å². The average Bonchev–Trinajstić information content (AvgIpc) is 1.52. The summed E-state index contributed by atoms with van der Waals surface area (Å²) in [6.45, 7) is 8.39. The predicted molar refractivity (Wildman–Crippen MR) is 51.8 cm³/mol. The third kappa shape index (κ3) is 104. The summed E-state index contributed by atoms with van der Waals surface area (Å²) in [7, 11) is -5.17. The first kappa shape index (κ1) is 36.1. The van der Waals surface area contributed by atoms with Crippen molar-refractivity contribution < 1.29 is 60.7 Å². The van der Waals surface area contributed by atoms with Crippen molar-refractivity contribution in [1.82, 2.24) is 0 Å². The fraction of sp³-hybridized carbons (Fsp3) is 1.00. The molecule has 0 saturated carbocycles. The maximum absolute atomic E-state index is 8.52. The second kappa shape index (κ2) is 19.1. The van der Waals surface area contributed by atoms with E-state index in [2.05, 4.69) is 33.0 Å². The van der Waals surface area contributed by atoms with Crippen LogP contribution >= 0.6 is 0 Å². The van der Waals surface area contributed by atoms with Gasteiger partial charge in [-0.2, -0.15) is 0 Å². The van der Waals surface area contributed by atoms with E-state index < -0.39 is 10.4 Å². The van der Waals surface area contributed by atoms with Crippen LogP contribution in [0.1, 0.15) is 27.7 Å². The van der Waals surface area contributed by atoms with Crippen molar-refractivity contribution in [2.75, 3.05) is 0 Å². The van der Waals surface area contributed by atoms with Gasteiger partial charge in [0, 0.05) is 10.4 Å². The zero-order chi connectivity index (χ0) is 10.4. The van der Waals surface area contributed by atoms with Crippen molar-refractivity contribution in [2.45, 2.75) is 39.8 Å². The summed E-state index contributed by atoms with van der Waals surface area (Å²) in [4.78, 5) is 0. The van der Waals surface area contributed by atoms with Gasteiger partial charge in [-0.15, -0.1) is 12.1 Å². The van der Waals surface area contributed by atoms with E-state index in [1.807, 2.05) is 0 Å². The van der Waals surface area contributed by atoms with Crippen molar-refractivity contribution in [3.8, 4) is 0 Å². The van der Waals surface area contributed by atoms with Crippen molar-refractivity contribution in [2.24, 2.45) is 0 Å². The topological polar surface area (TPSA) is 124 Å². The molecule has 0 aliphatic rings. The van der Waals surface area contributed by atoms with Gasteiger partial charge in [-0.3, -0.25) is 8.42 Å². The van der Waals surface area contributed by atoms with Crippen LogP contribution in [0.5, 0.6) is 0 Å². The van der Waals surface area contributed by atoms with E-state index in [1.54, 1.807) is 0 Å². The van der Waals surface area contributed by atoms with Crippen LogP contribution in [0.4, 0.5) is 0 Å². The SMILES string of the molecule is CC(C)[N-]C(C)C.O=S(=O)([O-])[O-].[Li+].[Li+].[Mg+2].[OH-]. The van der Waals surface area contributed by atoms with Crippen molar-refractivity contribution >= 4 is 33.5 Å². The summed E-state index contributed by atoms with van der Waals surface area (Å²) in [5.41, 5.74) is 0. The Kier molecular flexibility index (Phi) is 43.1. The molecule has 0 aromatic heterocycles. The molecular formula is C6H15Li2MgNO5S. The van der Waals surface area contributed by atoms with Gasteiger partial charge in [0.25, 0.3) is 0 Å². The van der Waals surface area contributed by atoms with E-state index in [0.717, 1.165) is 0 Å². The second-order valence-electron chi connectivity index (χ2n) is 2.74. The number of nitrogens with zero attached hydrogens (tertiary/aromatic N) is 1. The van der Waals surface area contributed by atoms with Crippen LogP contribution in [0.15, 0.2) is 0 Å². The average molecular weight is 251 g/mol. The summed E-state index contributed by atoms with van der Waals surface area (Å²) in [5.74, 6) is 0. The van der Waals surface area contributed by atoms with Crippen molar-refractivity contribution in [1.29, 1.82) is 0 Å². The summed E-state index contributed by atoms with van der Waals surface area (Å²) in [6, 6.07) is 1.000. The van der Waals surface area contributed by atoms with Crippen LogP contribution in [0.25, 0.3) is 5.32 Å². The maximum atomic E-state index is 8.52. The van der Waals surface area contributed by atoms with Crippen LogP contribution in [-0.4, -0.2) is 58.1 Å². The van der Waals surface area contributed by atoms with Gasteiger partial charge < -0.3 is 19.9 Å². The molecule has 0 aliphatic carbocycles. The molecule has 10 heteroatoms. The van der Waals surface area contributed by atoms with Crippen LogP contribution < -0.4 is 37.7 Å². The first-order chi connectivity index (χ1) is 5.13. The molecule has 0 amide bonds. The molecule has 0 unspecified atom stereocenters. The van der Waals surface area contributed by atoms with Gasteiger partial charge in [0.15, 0.2) is 0 Å². The second-order valence-corrected chi connectivity index (χ2v) is 3.56. The van der Waals surface area contributed by atoms with Crippen LogP contribution in [0.2, 0.25) is 0 Å². The number of rotatable bonds is 2. The molecular weight excluding hydrogens is 236 g/mol. The Hall–Kier alpha value is 1.75. The molecule has 0 heterocycles. The zero-order valence-electron chi connectivity index (χ0n) is 10.8. The van der Waals surface area contributed by atoms with Crippen LogP contribution in [0.3, 0.4) is 0 Å². The fourth-order valence-electron chi connectivity index (χ4n) is 0.596. The molecule has 0 bridgehead atoms. The van der Waals surface area contributed by atoms with Gasteiger partial charge >= 0.3 is 60.8 Å². The maximum Gasteiger partial charge on any atom is 2.00 e. The zero-order valence-corrected chi connectivity index (χ0v) is 13.0. The van der Waals surface area contributed by atoms with Gasteiger partial charge in [0.1, 0.15) is 0 Å². The van der Waals surface area contributed by atoms with E-state index in [0.29, 0.717) is 12.1 Å².